The minimum Gasteiger partial charge on any atom is -0.394 e. The van der Waals surface area contributed by atoms with E-state index in [2.05, 4.69) is 5.32 Å². The van der Waals surface area contributed by atoms with Gasteiger partial charge in [0.15, 0.2) is 5.78 Å². The third-order valence-electron chi connectivity index (χ3n) is 6.33. The van der Waals surface area contributed by atoms with Crippen molar-refractivity contribution in [2.24, 2.45) is 0 Å². The highest BCUT2D eigenvalue weighted by atomic mass is 32.1. The van der Waals surface area contributed by atoms with E-state index in [0.29, 0.717) is 38.6 Å². The summed E-state index contributed by atoms with van der Waals surface area (Å²) in [5.41, 5.74) is 2.26. The number of nitrogens with zero attached hydrogens (tertiary/aromatic N) is 2. The molecule has 1 saturated heterocycles. The molecular formula is C27H25N3O4S. The maximum atomic E-state index is 13.8. The number of thiophene rings is 1. The van der Waals surface area contributed by atoms with Gasteiger partial charge in [-0.2, -0.15) is 0 Å². The number of hydrogen-bond acceptors (Lipinski definition) is 5. The van der Waals surface area contributed by atoms with E-state index < -0.39 is 0 Å². The molecule has 3 heterocycles. The first-order chi connectivity index (χ1) is 17.0. The van der Waals surface area contributed by atoms with Crippen molar-refractivity contribution < 1.29 is 14.7 Å². The predicted molar refractivity (Wildman–Crippen MR) is 138 cm³/mol. The van der Waals surface area contributed by atoms with E-state index in [9.17, 15) is 19.5 Å². The molecule has 0 bridgehead atoms. The summed E-state index contributed by atoms with van der Waals surface area (Å²) in [6.07, 6.45) is 1.55. The summed E-state index contributed by atoms with van der Waals surface area (Å²) >= 11 is 1.20. The number of carbonyl (C=O) groups excluding carboxylic acids is 2. The van der Waals surface area contributed by atoms with Gasteiger partial charge in [0, 0.05) is 23.6 Å². The zero-order valence-electron chi connectivity index (χ0n) is 19.2. The van der Waals surface area contributed by atoms with Crippen LogP contribution in [0.25, 0.3) is 15.9 Å². The van der Waals surface area contributed by atoms with Crippen molar-refractivity contribution in [1.82, 2.24) is 9.47 Å². The van der Waals surface area contributed by atoms with Crippen LogP contribution in [0, 0.1) is 6.92 Å². The van der Waals surface area contributed by atoms with Crippen LogP contribution in [-0.4, -0.2) is 45.6 Å². The number of pyridine rings is 1. The molecule has 0 aliphatic carbocycles. The van der Waals surface area contributed by atoms with Gasteiger partial charge in [0.1, 0.15) is 9.83 Å². The van der Waals surface area contributed by atoms with Crippen LogP contribution in [0.5, 0.6) is 0 Å². The summed E-state index contributed by atoms with van der Waals surface area (Å²) in [5, 5.41) is 13.6. The standard InChI is InChI=1S/C27H25N3O4S/c1-17-7-5-8-18(15-17)24(33)23-21-12-13-22(32)30(19-9-3-2-4-10-19)26(21)35-25(23)28-27(34)29-14-6-11-20(29)16-31/h2-5,7-10,12-13,15,20,31H,6,11,14,16H2,1H3,(H,28,34)/t20-/m1/s1. The SMILES string of the molecule is Cc1cccc(C(=O)c2c(NC(=O)N3CCC[C@@H]3CO)sc3c2ccc(=O)n3-c2ccccc2)c1. The Balaban J connectivity index is 1.68. The number of rotatable bonds is 5. The average molecular weight is 488 g/mol. The number of anilines is 1. The van der Waals surface area contributed by atoms with Gasteiger partial charge in [0.25, 0.3) is 5.56 Å². The molecule has 0 unspecified atom stereocenters. The van der Waals surface area contributed by atoms with Crippen molar-refractivity contribution in [2.45, 2.75) is 25.8 Å². The molecule has 178 valence electrons. The number of amides is 2. The van der Waals surface area contributed by atoms with Crippen molar-refractivity contribution >= 4 is 38.4 Å². The second kappa shape index (κ2) is 9.48. The topological polar surface area (TPSA) is 91.6 Å². The third kappa shape index (κ3) is 4.26. The van der Waals surface area contributed by atoms with E-state index in [4.69, 9.17) is 0 Å². The van der Waals surface area contributed by atoms with Crippen LogP contribution in [0.2, 0.25) is 0 Å². The average Bonchev–Trinajstić information content (AvgIpc) is 3.48. The Morgan fingerprint density at radius 3 is 2.63 bits per heavy atom. The Labute approximate surface area is 206 Å². The van der Waals surface area contributed by atoms with Gasteiger partial charge in [-0.3, -0.25) is 19.5 Å². The van der Waals surface area contributed by atoms with Gasteiger partial charge in [-0.15, -0.1) is 0 Å². The van der Waals surface area contributed by atoms with Crippen molar-refractivity contribution in [3.05, 3.63) is 93.8 Å². The van der Waals surface area contributed by atoms with E-state index in [1.165, 1.54) is 17.4 Å². The molecule has 1 atom stereocenters. The molecule has 4 aromatic rings. The van der Waals surface area contributed by atoms with E-state index in [1.807, 2.05) is 55.5 Å². The monoisotopic (exact) mass is 487 g/mol. The smallest absolute Gasteiger partial charge is 0.322 e. The first kappa shape index (κ1) is 23.0. The number of ketones is 1. The van der Waals surface area contributed by atoms with Crippen LogP contribution in [0.4, 0.5) is 9.80 Å². The fourth-order valence-corrected chi connectivity index (χ4v) is 5.81. The molecule has 2 aromatic heterocycles. The number of likely N-dealkylation sites (tertiary alicyclic amines) is 1. The Morgan fingerprint density at radius 2 is 1.89 bits per heavy atom. The number of para-hydroxylation sites is 1. The Hall–Kier alpha value is -3.75. The van der Waals surface area contributed by atoms with E-state index in [-0.39, 0.29) is 30.0 Å². The molecule has 35 heavy (non-hydrogen) atoms. The first-order valence-electron chi connectivity index (χ1n) is 11.5. The zero-order chi connectivity index (χ0) is 24.5. The number of nitrogens with one attached hydrogen (secondary N) is 1. The predicted octanol–water partition coefficient (Wildman–Crippen LogP) is 4.58. The molecule has 1 fully saturated rings. The third-order valence-corrected chi connectivity index (χ3v) is 7.44. The Morgan fingerprint density at radius 1 is 1.09 bits per heavy atom. The van der Waals surface area contributed by atoms with Gasteiger partial charge in [-0.05, 0) is 44.0 Å². The summed E-state index contributed by atoms with van der Waals surface area (Å²) in [5.74, 6) is -0.228. The molecule has 0 saturated carbocycles. The van der Waals surface area contributed by atoms with Crippen molar-refractivity contribution in [3.63, 3.8) is 0 Å². The molecular weight excluding hydrogens is 462 g/mol. The first-order valence-corrected chi connectivity index (χ1v) is 12.3. The van der Waals surface area contributed by atoms with Crippen molar-refractivity contribution in [1.29, 1.82) is 0 Å². The number of aliphatic hydroxyl groups is 1. The molecule has 8 heteroatoms. The van der Waals surface area contributed by atoms with Gasteiger partial charge < -0.3 is 10.0 Å². The number of aliphatic hydroxyl groups excluding tert-OH is 1. The largest absolute Gasteiger partial charge is 0.394 e. The molecule has 0 spiro atoms. The van der Waals surface area contributed by atoms with E-state index in [1.54, 1.807) is 21.6 Å². The van der Waals surface area contributed by atoms with Gasteiger partial charge >= 0.3 is 6.03 Å². The fraction of sp³-hybridized carbons (Fsp3) is 0.222. The van der Waals surface area contributed by atoms with Crippen LogP contribution in [0.3, 0.4) is 0 Å². The lowest BCUT2D eigenvalue weighted by atomic mass is 10.0. The Kier molecular flexibility index (Phi) is 6.23. The van der Waals surface area contributed by atoms with Crippen molar-refractivity contribution in [2.75, 3.05) is 18.5 Å². The normalized spacial score (nSPS) is 15.5. The van der Waals surface area contributed by atoms with Crippen molar-refractivity contribution in [3.8, 4) is 5.69 Å². The lowest BCUT2D eigenvalue weighted by Gasteiger charge is -2.23. The van der Waals surface area contributed by atoms with E-state index in [0.717, 1.165) is 18.4 Å². The number of aromatic nitrogens is 1. The number of urea groups is 1. The number of fused-ring (bicyclic) bond motifs is 1. The highest BCUT2D eigenvalue weighted by Crippen LogP contribution is 2.38. The number of benzene rings is 2. The summed E-state index contributed by atoms with van der Waals surface area (Å²) in [6, 6.07) is 19.0. The fourth-order valence-electron chi connectivity index (χ4n) is 4.61. The molecule has 1 aliphatic rings. The van der Waals surface area contributed by atoms with Crippen LogP contribution < -0.4 is 10.9 Å². The Bertz CT molecular complexity index is 1480. The summed E-state index contributed by atoms with van der Waals surface area (Å²) in [7, 11) is 0. The molecule has 7 nitrogen and oxygen atoms in total. The highest BCUT2D eigenvalue weighted by molar-refractivity contribution is 7.23. The van der Waals surface area contributed by atoms with Crippen LogP contribution in [-0.2, 0) is 0 Å². The molecule has 1 aliphatic heterocycles. The van der Waals surface area contributed by atoms with Crippen LogP contribution in [0.1, 0.15) is 34.3 Å². The highest BCUT2D eigenvalue weighted by Gasteiger charge is 2.30. The van der Waals surface area contributed by atoms with Crippen LogP contribution >= 0.6 is 11.3 Å². The quantitative estimate of drug-likeness (QED) is 0.403. The molecule has 2 aromatic carbocycles. The molecule has 0 radical (unpaired) electrons. The molecule has 2 amide bonds. The summed E-state index contributed by atoms with van der Waals surface area (Å²) in [6.45, 7) is 2.35. The van der Waals surface area contributed by atoms with Gasteiger partial charge in [0.05, 0.1) is 23.9 Å². The lowest BCUT2D eigenvalue weighted by molar-refractivity contribution is 0.104. The summed E-state index contributed by atoms with van der Waals surface area (Å²) in [4.78, 5) is 42.0. The number of aryl methyl sites for hydroxylation is 1. The number of hydrogen-bond donors (Lipinski definition) is 2. The maximum Gasteiger partial charge on any atom is 0.322 e. The molecule has 5 rings (SSSR count). The second-order valence-electron chi connectivity index (χ2n) is 8.67. The van der Waals surface area contributed by atoms with Gasteiger partial charge in [0.2, 0.25) is 0 Å². The summed E-state index contributed by atoms with van der Waals surface area (Å²) < 4.78 is 1.56. The minimum absolute atomic E-state index is 0.109. The van der Waals surface area contributed by atoms with E-state index >= 15 is 0 Å². The van der Waals surface area contributed by atoms with Crippen LogP contribution in [0.15, 0.2) is 71.5 Å². The lowest BCUT2D eigenvalue weighted by Crippen LogP contribution is -2.40. The maximum absolute atomic E-state index is 13.8. The minimum atomic E-state index is -0.361. The zero-order valence-corrected chi connectivity index (χ0v) is 20.0. The molecule has 2 N–H and O–H groups in total. The van der Waals surface area contributed by atoms with Gasteiger partial charge in [-0.1, -0.05) is 53.3 Å². The van der Waals surface area contributed by atoms with Gasteiger partial charge in [-0.25, -0.2) is 4.79 Å². The second-order valence-corrected chi connectivity index (χ2v) is 9.67. The number of carbonyl (C=O) groups is 2.